The fourth-order valence-corrected chi connectivity index (χ4v) is 2.81. The van der Waals surface area contributed by atoms with Crippen LogP contribution in [-0.2, 0) is 6.54 Å². The molecule has 1 aromatic heterocycles. The third kappa shape index (κ3) is 3.41. The van der Waals surface area contributed by atoms with Crippen molar-refractivity contribution in [2.24, 2.45) is 0 Å². The minimum atomic E-state index is 0.137. The number of thiophene rings is 1. The van der Waals surface area contributed by atoms with Crippen molar-refractivity contribution in [3.63, 3.8) is 0 Å². The number of nitrogens with one attached hydrogen (secondary N) is 1. The molecule has 0 bridgehead atoms. The number of benzene rings is 1. The summed E-state index contributed by atoms with van der Waals surface area (Å²) in [5.41, 5.74) is 0.729. The molecule has 2 N–H and O–H groups in total. The average Bonchev–Trinajstić information content (AvgIpc) is 2.93. The predicted molar refractivity (Wildman–Crippen MR) is 79.2 cm³/mol. The van der Waals surface area contributed by atoms with E-state index in [9.17, 15) is 5.11 Å². The van der Waals surface area contributed by atoms with E-state index in [0.717, 1.165) is 5.56 Å². The molecule has 0 unspecified atom stereocenters. The van der Waals surface area contributed by atoms with E-state index in [-0.39, 0.29) is 11.8 Å². The van der Waals surface area contributed by atoms with Gasteiger partial charge in [0.15, 0.2) is 11.5 Å². The van der Waals surface area contributed by atoms with Crippen molar-refractivity contribution in [1.29, 1.82) is 0 Å². The van der Waals surface area contributed by atoms with Crippen molar-refractivity contribution in [2.45, 2.75) is 19.5 Å². The standard InChI is InChI=1S/C14H16ClNO2S/c1-9(13-4-3-5-19-13)16-8-10-6-11(15)7-12(18-2)14(10)17/h3-7,9,16-17H,8H2,1-2H3/t9-/m1/s1. The summed E-state index contributed by atoms with van der Waals surface area (Å²) in [5, 5.41) is 16.0. The van der Waals surface area contributed by atoms with Crippen LogP contribution in [0.1, 0.15) is 23.4 Å². The molecule has 2 rings (SSSR count). The molecular formula is C14H16ClNO2S. The lowest BCUT2D eigenvalue weighted by atomic mass is 10.1. The molecule has 0 amide bonds. The number of methoxy groups -OCH3 is 1. The smallest absolute Gasteiger partial charge is 0.162 e. The van der Waals surface area contributed by atoms with Gasteiger partial charge < -0.3 is 15.2 Å². The summed E-state index contributed by atoms with van der Waals surface area (Å²) in [6.45, 7) is 2.62. The SMILES string of the molecule is COc1cc(Cl)cc(CN[C@H](C)c2cccs2)c1O. The van der Waals surface area contributed by atoms with Crippen LogP contribution in [0.25, 0.3) is 0 Å². The van der Waals surface area contributed by atoms with Crippen LogP contribution < -0.4 is 10.1 Å². The largest absolute Gasteiger partial charge is 0.504 e. The lowest BCUT2D eigenvalue weighted by molar-refractivity contribution is 0.369. The maximum Gasteiger partial charge on any atom is 0.162 e. The Balaban J connectivity index is 2.09. The Morgan fingerprint density at radius 3 is 2.89 bits per heavy atom. The molecule has 2 aromatic rings. The van der Waals surface area contributed by atoms with Gasteiger partial charge in [-0.2, -0.15) is 0 Å². The Labute approximate surface area is 121 Å². The normalized spacial score (nSPS) is 12.4. The highest BCUT2D eigenvalue weighted by Crippen LogP contribution is 2.33. The second-order valence-electron chi connectivity index (χ2n) is 4.23. The topological polar surface area (TPSA) is 41.5 Å². The Hall–Kier alpha value is -1.23. The quantitative estimate of drug-likeness (QED) is 0.877. The molecule has 102 valence electrons. The monoisotopic (exact) mass is 297 g/mol. The first kappa shape index (κ1) is 14.2. The number of aromatic hydroxyl groups is 1. The predicted octanol–water partition coefficient (Wildman–Crippen LogP) is 3.97. The summed E-state index contributed by atoms with van der Waals surface area (Å²) < 4.78 is 5.09. The molecule has 3 nitrogen and oxygen atoms in total. The van der Waals surface area contributed by atoms with Gasteiger partial charge in [0.1, 0.15) is 0 Å². The first-order chi connectivity index (χ1) is 9.11. The average molecular weight is 298 g/mol. The molecule has 1 aromatic carbocycles. The highest BCUT2D eigenvalue weighted by molar-refractivity contribution is 7.10. The molecular weight excluding hydrogens is 282 g/mol. The Kier molecular flexibility index (Phi) is 4.69. The van der Waals surface area contributed by atoms with Gasteiger partial charge in [-0.15, -0.1) is 11.3 Å². The second kappa shape index (κ2) is 6.28. The lowest BCUT2D eigenvalue weighted by Crippen LogP contribution is -2.17. The van der Waals surface area contributed by atoms with Gasteiger partial charge in [-0.05, 0) is 24.4 Å². The Morgan fingerprint density at radius 2 is 2.26 bits per heavy atom. The lowest BCUT2D eigenvalue weighted by Gasteiger charge is -2.14. The van der Waals surface area contributed by atoms with Crippen LogP contribution in [0.4, 0.5) is 0 Å². The summed E-state index contributed by atoms with van der Waals surface area (Å²) in [6.07, 6.45) is 0. The van der Waals surface area contributed by atoms with Crippen molar-refractivity contribution in [1.82, 2.24) is 5.32 Å². The van der Waals surface area contributed by atoms with Crippen LogP contribution in [0.3, 0.4) is 0 Å². The van der Waals surface area contributed by atoms with Gasteiger partial charge in [-0.25, -0.2) is 0 Å². The molecule has 0 fully saturated rings. The first-order valence-corrected chi connectivity index (χ1v) is 7.19. The fourth-order valence-electron chi connectivity index (χ4n) is 1.82. The first-order valence-electron chi connectivity index (χ1n) is 5.94. The van der Waals surface area contributed by atoms with E-state index in [1.165, 1.54) is 12.0 Å². The molecule has 19 heavy (non-hydrogen) atoms. The van der Waals surface area contributed by atoms with E-state index in [0.29, 0.717) is 17.3 Å². The van der Waals surface area contributed by atoms with Crippen molar-refractivity contribution < 1.29 is 9.84 Å². The maximum absolute atomic E-state index is 10.0. The number of rotatable bonds is 5. The highest BCUT2D eigenvalue weighted by atomic mass is 35.5. The van der Waals surface area contributed by atoms with Crippen LogP contribution in [0.2, 0.25) is 5.02 Å². The summed E-state index contributed by atoms with van der Waals surface area (Å²) in [7, 11) is 1.51. The van der Waals surface area contributed by atoms with E-state index in [4.69, 9.17) is 16.3 Å². The molecule has 1 heterocycles. The van der Waals surface area contributed by atoms with Gasteiger partial charge in [-0.1, -0.05) is 17.7 Å². The molecule has 0 aliphatic rings. The summed E-state index contributed by atoms with van der Waals surface area (Å²) in [4.78, 5) is 1.26. The van der Waals surface area contributed by atoms with Gasteiger partial charge in [0, 0.05) is 34.1 Å². The van der Waals surface area contributed by atoms with Gasteiger partial charge >= 0.3 is 0 Å². The fraction of sp³-hybridized carbons (Fsp3) is 0.286. The summed E-state index contributed by atoms with van der Waals surface area (Å²) in [5.74, 6) is 0.533. The van der Waals surface area contributed by atoms with E-state index in [1.807, 2.05) is 11.4 Å². The van der Waals surface area contributed by atoms with Crippen molar-refractivity contribution in [2.75, 3.05) is 7.11 Å². The maximum atomic E-state index is 10.0. The van der Waals surface area contributed by atoms with Gasteiger partial charge in [0.2, 0.25) is 0 Å². The number of phenolic OH excluding ortho intramolecular Hbond substituents is 1. The molecule has 0 aliphatic carbocycles. The number of hydrogen-bond donors (Lipinski definition) is 2. The summed E-state index contributed by atoms with van der Waals surface area (Å²) >= 11 is 7.70. The highest BCUT2D eigenvalue weighted by Gasteiger charge is 2.12. The Morgan fingerprint density at radius 1 is 1.47 bits per heavy atom. The molecule has 0 spiro atoms. The number of phenols is 1. The van der Waals surface area contributed by atoms with E-state index >= 15 is 0 Å². The Bertz CT molecular complexity index is 543. The third-order valence-electron chi connectivity index (χ3n) is 2.91. The minimum absolute atomic E-state index is 0.137. The minimum Gasteiger partial charge on any atom is -0.504 e. The zero-order chi connectivity index (χ0) is 13.8. The zero-order valence-corrected chi connectivity index (χ0v) is 12.4. The van der Waals surface area contributed by atoms with Crippen LogP contribution in [0.5, 0.6) is 11.5 Å². The summed E-state index contributed by atoms with van der Waals surface area (Å²) in [6, 6.07) is 7.68. The number of hydrogen-bond acceptors (Lipinski definition) is 4. The molecule has 0 aliphatic heterocycles. The van der Waals surface area contributed by atoms with Crippen molar-refractivity contribution >= 4 is 22.9 Å². The van der Waals surface area contributed by atoms with Gasteiger partial charge in [0.25, 0.3) is 0 Å². The van der Waals surface area contributed by atoms with Gasteiger partial charge in [-0.3, -0.25) is 0 Å². The molecule has 5 heteroatoms. The zero-order valence-electron chi connectivity index (χ0n) is 10.8. The number of halogens is 1. The van der Waals surface area contributed by atoms with E-state index in [2.05, 4.69) is 18.3 Å². The third-order valence-corrected chi connectivity index (χ3v) is 4.18. The van der Waals surface area contributed by atoms with Crippen LogP contribution >= 0.6 is 22.9 Å². The number of ether oxygens (including phenoxy) is 1. The van der Waals surface area contributed by atoms with Crippen LogP contribution in [-0.4, -0.2) is 12.2 Å². The van der Waals surface area contributed by atoms with E-state index in [1.54, 1.807) is 23.5 Å². The molecule has 1 atom stereocenters. The van der Waals surface area contributed by atoms with Gasteiger partial charge in [0.05, 0.1) is 7.11 Å². The molecule has 0 saturated heterocycles. The van der Waals surface area contributed by atoms with Crippen LogP contribution in [0.15, 0.2) is 29.6 Å². The molecule has 0 radical (unpaired) electrons. The van der Waals surface area contributed by atoms with Crippen LogP contribution in [0, 0.1) is 0 Å². The van der Waals surface area contributed by atoms with E-state index < -0.39 is 0 Å². The van der Waals surface area contributed by atoms with Crippen molar-refractivity contribution in [3.8, 4) is 11.5 Å². The molecule has 0 saturated carbocycles. The van der Waals surface area contributed by atoms with Crippen molar-refractivity contribution in [3.05, 3.63) is 45.1 Å². The second-order valence-corrected chi connectivity index (χ2v) is 5.65.